The predicted octanol–water partition coefficient (Wildman–Crippen LogP) is 3.74. The molecule has 1 rings (SSSR count). The van der Waals surface area contributed by atoms with Gasteiger partial charge < -0.3 is 5.32 Å². The molecule has 1 aromatic rings. The summed E-state index contributed by atoms with van der Waals surface area (Å²) in [7, 11) is -3.09. The van der Waals surface area contributed by atoms with Crippen LogP contribution in [0.5, 0.6) is 0 Å². The molecule has 1 aromatic carbocycles. The fraction of sp³-hybridized carbons (Fsp3) is 0.625. The molecule has 0 aromatic heterocycles. The fourth-order valence-corrected chi connectivity index (χ4v) is 3.47. The third-order valence-electron chi connectivity index (χ3n) is 3.36. The molecule has 0 spiro atoms. The Kier molecular flexibility index (Phi) is 8.37. The van der Waals surface area contributed by atoms with Gasteiger partial charge in [0.25, 0.3) is 0 Å². The molecule has 1 unspecified atom stereocenters. The highest BCUT2D eigenvalue weighted by Gasteiger charge is 2.06. The zero-order valence-electron chi connectivity index (χ0n) is 13.3. The molecule has 0 fully saturated rings. The molecule has 120 valence electrons. The third-order valence-corrected chi connectivity index (χ3v) is 5.50. The second kappa shape index (κ2) is 9.49. The number of hydrogen-bond acceptors (Lipinski definition) is 4. The van der Waals surface area contributed by atoms with Crippen molar-refractivity contribution >= 4 is 21.6 Å². The highest BCUT2D eigenvalue weighted by Crippen LogP contribution is 2.19. The maximum atomic E-state index is 11.4. The number of benzene rings is 1. The molecule has 0 aliphatic rings. The quantitative estimate of drug-likeness (QED) is 0.525. The van der Waals surface area contributed by atoms with Crippen LogP contribution < -0.4 is 5.32 Å². The summed E-state index contributed by atoms with van der Waals surface area (Å²) >= 11 is 1.75. The Balaban J connectivity index is 2.24. The standard InChI is InChI=1S/C16H27NO2S2/c1-4-5-6-7-14(2)17-12-13-20-15-8-10-16(11-9-15)21(3,18)19/h8-11,14,17H,4-7,12-13H2,1-3H3. The Hall–Kier alpha value is -0.520. The minimum absolute atomic E-state index is 0.384. The van der Waals surface area contributed by atoms with E-state index < -0.39 is 9.84 Å². The van der Waals surface area contributed by atoms with Gasteiger partial charge in [0.05, 0.1) is 4.90 Å². The predicted molar refractivity (Wildman–Crippen MR) is 91.9 cm³/mol. The summed E-state index contributed by atoms with van der Waals surface area (Å²) in [6.45, 7) is 5.44. The van der Waals surface area contributed by atoms with Crippen LogP contribution >= 0.6 is 11.8 Å². The van der Waals surface area contributed by atoms with Crippen molar-refractivity contribution in [1.29, 1.82) is 0 Å². The van der Waals surface area contributed by atoms with Crippen LogP contribution in [0, 0.1) is 0 Å². The van der Waals surface area contributed by atoms with Crippen LogP contribution in [0.2, 0.25) is 0 Å². The Morgan fingerprint density at radius 2 is 1.86 bits per heavy atom. The minimum atomic E-state index is -3.09. The van der Waals surface area contributed by atoms with E-state index in [0.29, 0.717) is 10.9 Å². The Labute approximate surface area is 133 Å². The maximum Gasteiger partial charge on any atom is 0.175 e. The van der Waals surface area contributed by atoms with Gasteiger partial charge >= 0.3 is 0 Å². The fourth-order valence-electron chi connectivity index (χ4n) is 2.06. The van der Waals surface area contributed by atoms with Crippen LogP contribution in [-0.4, -0.2) is 33.0 Å². The Morgan fingerprint density at radius 1 is 1.19 bits per heavy atom. The molecule has 1 N–H and O–H groups in total. The van der Waals surface area contributed by atoms with E-state index in [1.54, 1.807) is 23.9 Å². The van der Waals surface area contributed by atoms with Crippen molar-refractivity contribution in [2.75, 3.05) is 18.6 Å². The summed E-state index contributed by atoms with van der Waals surface area (Å²) in [4.78, 5) is 1.50. The van der Waals surface area contributed by atoms with E-state index in [9.17, 15) is 8.42 Å². The lowest BCUT2D eigenvalue weighted by Crippen LogP contribution is -2.28. The first kappa shape index (κ1) is 18.5. The summed E-state index contributed by atoms with van der Waals surface area (Å²) in [6.07, 6.45) is 6.35. The van der Waals surface area contributed by atoms with E-state index in [1.165, 1.54) is 31.9 Å². The van der Waals surface area contributed by atoms with Crippen LogP contribution in [0.4, 0.5) is 0 Å². The number of sulfone groups is 1. The molecule has 0 aliphatic carbocycles. The summed E-state index contributed by atoms with van der Waals surface area (Å²) in [6, 6.07) is 7.69. The van der Waals surface area contributed by atoms with Gasteiger partial charge in [-0.15, -0.1) is 11.8 Å². The van der Waals surface area contributed by atoms with Crippen LogP contribution in [0.15, 0.2) is 34.1 Å². The second-order valence-electron chi connectivity index (χ2n) is 5.44. The molecule has 0 radical (unpaired) electrons. The van der Waals surface area contributed by atoms with Crippen LogP contribution in [0.25, 0.3) is 0 Å². The van der Waals surface area contributed by atoms with Crippen molar-refractivity contribution in [3.8, 4) is 0 Å². The highest BCUT2D eigenvalue weighted by molar-refractivity contribution is 7.99. The second-order valence-corrected chi connectivity index (χ2v) is 8.63. The van der Waals surface area contributed by atoms with Crippen LogP contribution in [0.1, 0.15) is 39.5 Å². The summed E-state index contributed by atoms with van der Waals surface area (Å²) < 4.78 is 22.7. The summed E-state index contributed by atoms with van der Waals surface area (Å²) in [5.74, 6) is 0.996. The lowest BCUT2D eigenvalue weighted by Gasteiger charge is -2.13. The average Bonchev–Trinajstić information content (AvgIpc) is 2.43. The van der Waals surface area contributed by atoms with Crippen LogP contribution in [-0.2, 0) is 9.84 Å². The van der Waals surface area contributed by atoms with Crippen molar-refractivity contribution < 1.29 is 8.42 Å². The first-order valence-corrected chi connectivity index (χ1v) is 10.5. The molecule has 0 heterocycles. The van der Waals surface area contributed by atoms with E-state index in [0.717, 1.165) is 17.2 Å². The zero-order chi connectivity index (χ0) is 15.7. The monoisotopic (exact) mass is 329 g/mol. The van der Waals surface area contributed by atoms with Gasteiger partial charge in [0.2, 0.25) is 0 Å². The molecule has 21 heavy (non-hydrogen) atoms. The van der Waals surface area contributed by atoms with Crippen LogP contribution in [0.3, 0.4) is 0 Å². The summed E-state index contributed by atoms with van der Waals surface area (Å²) in [5, 5.41) is 3.53. The lowest BCUT2D eigenvalue weighted by molar-refractivity contribution is 0.502. The highest BCUT2D eigenvalue weighted by atomic mass is 32.2. The Morgan fingerprint density at radius 3 is 2.43 bits per heavy atom. The number of nitrogens with one attached hydrogen (secondary N) is 1. The van der Waals surface area contributed by atoms with Gasteiger partial charge in [0.15, 0.2) is 9.84 Å². The zero-order valence-corrected chi connectivity index (χ0v) is 14.9. The average molecular weight is 330 g/mol. The Bertz CT molecular complexity index is 498. The SMILES string of the molecule is CCCCCC(C)NCCSc1ccc(S(C)(=O)=O)cc1. The van der Waals surface area contributed by atoms with Gasteiger partial charge in [-0.05, 0) is 37.6 Å². The van der Waals surface area contributed by atoms with Crippen molar-refractivity contribution in [3.63, 3.8) is 0 Å². The van der Waals surface area contributed by atoms with E-state index >= 15 is 0 Å². The number of hydrogen-bond donors (Lipinski definition) is 1. The van der Waals surface area contributed by atoms with Crippen molar-refractivity contribution in [2.45, 2.75) is 55.4 Å². The smallest absolute Gasteiger partial charge is 0.175 e. The lowest BCUT2D eigenvalue weighted by atomic mass is 10.1. The van der Waals surface area contributed by atoms with Crippen molar-refractivity contribution in [1.82, 2.24) is 5.32 Å². The molecule has 0 saturated heterocycles. The topological polar surface area (TPSA) is 46.2 Å². The summed E-state index contributed by atoms with van der Waals surface area (Å²) in [5.41, 5.74) is 0. The van der Waals surface area contributed by atoms with E-state index in [1.807, 2.05) is 12.1 Å². The van der Waals surface area contributed by atoms with Crippen molar-refractivity contribution in [3.05, 3.63) is 24.3 Å². The molecule has 0 bridgehead atoms. The molecular weight excluding hydrogens is 302 g/mol. The first-order chi connectivity index (χ1) is 9.93. The molecule has 0 saturated carbocycles. The van der Waals surface area contributed by atoms with E-state index in [-0.39, 0.29) is 0 Å². The van der Waals surface area contributed by atoms with Gasteiger partial charge in [0.1, 0.15) is 0 Å². The molecular formula is C16H27NO2S2. The van der Waals surface area contributed by atoms with Gasteiger partial charge in [-0.1, -0.05) is 26.2 Å². The molecule has 0 amide bonds. The largest absolute Gasteiger partial charge is 0.313 e. The molecule has 1 atom stereocenters. The third kappa shape index (κ3) is 7.88. The molecule has 0 aliphatic heterocycles. The van der Waals surface area contributed by atoms with E-state index in [4.69, 9.17) is 0 Å². The number of thioether (sulfide) groups is 1. The number of unbranched alkanes of at least 4 members (excludes halogenated alkanes) is 2. The molecule has 5 heteroatoms. The van der Waals surface area contributed by atoms with Gasteiger partial charge in [-0.3, -0.25) is 0 Å². The molecule has 3 nitrogen and oxygen atoms in total. The minimum Gasteiger partial charge on any atom is -0.313 e. The van der Waals surface area contributed by atoms with Gasteiger partial charge in [-0.2, -0.15) is 0 Å². The normalized spacial score (nSPS) is 13.3. The van der Waals surface area contributed by atoms with E-state index in [2.05, 4.69) is 19.2 Å². The van der Waals surface area contributed by atoms with Crippen molar-refractivity contribution in [2.24, 2.45) is 0 Å². The maximum absolute atomic E-state index is 11.4. The van der Waals surface area contributed by atoms with Gasteiger partial charge in [0, 0.05) is 29.5 Å². The number of rotatable bonds is 10. The van der Waals surface area contributed by atoms with Gasteiger partial charge in [-0.25, -0.2) is 8.42 Å². The first-order valence-electron chi connectivity index (χ1n) is 7.59.